The molecule has 3 nitrogen and oxygen atoms in total. The van der Waals surface area contributed by atoms with Crippen LogP contribution in [0.2, 0.25) is 5.02 Å². The van der Waals surface area contributed by atoms with E-state index in [2.05, 4.69) is 4.98 Å². The summed E-state index contributed by atoms with van der Waals surface area (Å²) in [6.07, 6.45) is 1.46. The fourth-order valence-corrected chi connectivity index (χ4v) is 1.69. The van der Waals surface area contributed by atoms with E-state index >= 15 is 0 Å². The molecular weight excluding hydrogens is 214 g/mol. The van der Waals surface area contributed by atoms with Crippen LogP contribution in [0.3, 0.4) is 0 Å². The second-order valence-electron chi connectivity index (χ2n) is 3.26. The molecule has 0 radical (unpaired) electrons. The number of aromatic carboxylic acids is 1. The number of aromatic nitrogens is 1. The maximum absolute atomic E-state index is 10.9. The van der Waals surface area contributed by atoms with E-state index < -0.39 is 5.97 Å². The fraction of sp³-hybridized carbons (Fsp3) is 0.0909. The molecule has 0 aliphatic heterocycles. The van der Waals surface area contributed by atoms with Crippen LogP contribution in [0.5, 0.6) is 0 Å². The minimum atomic E-state index is -0.970. The number of aryl methyl sites for hydroxylation is 1. The van der Waals surface area contributed by atoms with Gasteiger partial charge < -0.3 is 5.11 Å². The number of hydrogen-bond acceptors (Lipinski definition) is 2. The minimum Gasteiger partial charge on any atom is -0.478 e. The van der Waals surface area contributed by atoms with Crippen molar-refractivity contribution in [1.29, 1.82) is 0 Å². The van der Waals surface area contributed by atoms with Crippen LogP contribution in [-0.4, -0.2) is 16.1 Å². The molecule has 0 aliphatic carbocycles. The van der Waals surface area contributed by atoms with Gasteiger partial charge in [-0.1, -0.05) is 23.7 Å². The van der Waals surface area contributed by atoms with Gasteiger partial charge in [-0.15, -0.1) is 0 Å². The summed E-state index contributed by atoms with van der Waals surface area (Å²) in [4.78, 5) is 15.0. The lowest BCUT2D eigenvalue weighted by Crippen LogP contribution is -1.98. The van der Waals surface area contributed by atoms with Gasteiger partial charge in [-0.25, -0.2) is 4.79 Å². The Balaban J connectivity index is 2.89. The van der Waals surface area contributed by atoms with Gasteiger partial charge in [0, 0.05) is 11.6 Å². The fourth-order valence-electron chi connectivity index (χ4n) is 1.47. The maximum atomic E-state index is 10.9. The monoisotopic (exact) mass is 221 g/mol. The highest BCUT2D eigenvalue weighted by molar-refractivity contribution is 6.36. The van der Waals surface area contributed by atoms with Crippen molar-refractivity contribution in [1.82, 2.24) is 4.98 Å². The lowest BCUT2D eigenvalue weighted by atomic mass is 10.1. The van der Waals surface area contributed by atoms with E-state index in [4.69, 9.17) is 16.7 Å². The van der Waals surface area contributed by atoms with Gasteiger partial charge in [0.2, 0.25) is 0 Å². The van der Waals surface area contributed by atoms with Crippen LogP contribution in [0.4, 0.5) is 0 Å². The molecule has 0 atom stereocenters. The molecule has 1 aromatic carbocycles. The van der Waals surface area contributed by atoms with Crippen molar-refractivity contribution >= 4 is 28.5 Å². The lowest BCUT2D eigenvalue weighted by molar-refractivity contribution is 0.0699. The van der Waals surface area contributed by atoms with Gasteiger partial charge in [-0.2, -0.15) is 0 Å². The van der Waals surface area contributed by atoms with Gasteiger partial charge in [0.25, 0.3) is 0 Å². The molecule has 4 heteroatoms. The molecule has 0 saturated carbocycles. The summed E-state index contributed by atoms with van der Waals surface area (Å²) in [7, 11) is 0. The van der Waals surface area contributed by atoms with E-state index in [0.29, 0.717) is 15.9 Å². The molecule has 1 heterocycles. The summed E-state index contributed by atoms with van der Waals surface area (Å²) in [5.41, 5.74) is 1.65. The normalized spacial score (nSPS) is 10.5. The second-order valence-corrected chi connectivity index (χ2v) is 3.63. The number of rotatable bonds is 1. The summed E-state index contributed by atoms with van der Waals surface area (Å²) in [6, 6.07) is 4.99. The number of nitrogens with zero attached hydrogens (tertiary/aromatic N) is 1. The molecule has 0 bridgehead atoms. The van der Waals surface area contributed by atoms with Gasteiger partial charge in [-0.05, 0) is 18.6 Å². The van der Waals surface area contributed by atoms with Crippen molar-refractivity contribution in [2.45, 2.75) is 6.92 Å². The Morgan fingerprint density at radius 2 is 2.13 bits per heavy atom. The number of pyridine rings is 1. The number of halogens is 1. The Kier molecular flexibility index (Phi) is 2.32. The zero-order valence-electron chi connectivity index (χ0n) is 7.99. The van der Waals surface area contributed by atoms with Crippen molar-refractivity contribution in [2.24, 2.45) is 0 Å². The van der Waals surface area contributed by atoms with E-state index in [1.165, 1.54) is 12.3 Å². The summed E-state index contributed by atoms with van der Waals surface area (Å²) in [5.74, 6) is -0.970. The van der Waals surface area contributed by atoms with E-state index in [-0.39, 0.29) is 5.56 Å². The van der Waals surface area contributed by atoms with Crippen LogP contribution in [0.15, 0.2) is 24.4 Å². The van der Waals surface area contributed by atoms with Gasteiger partial charge >= 0.3 is 5.97 Å². The largest absolute Gasteiger partial charge is 0.478 e. The first-order chi connectivity index (χ1) is 7.11. The predicted octanol–water partition coefficient (Wildman–Crippen LogP) is 2.89. The lowest BCUT2D eigenvalue weighted by Gasteiger charge is -2.05. The van der Waals surface area contributed by atoms with Crippen LogP contribution in [0, 0.1) is 6.92 Å². The Bertz CT molecular complexity index is 552. The molecule has 0 fully saturated rings. The Labute approximate surface area is 91.3 Å². The molecule has 76 valence electrons. The van der Waals surface area contributed by atoms with Crippen molar-refractivity contribution in [3.63, 3.8) is 0 Å². The average molecular weight is 222 g/mol. The molecule has 0 amide bonds. The van der Waals surface area contributed by atoms with Crippen LogP contribution < -0.4 is 0 Å². The highest BCUT2D eigenvalue weighted by Gasteiger charge is 2.11. The highest BCUT2D eigenvalue weighted by atomic mass is 35.5. The predicted molar refractivity (Wildman–Crippen MR) is 58.4 cm³/mol. The quantitative estimate of drug-likeness (QED) is 0.806. The molecule has 0 aliphatic rings. The minimum absolute atomic E-state index is 0.224. The number of carboxylic acid groups (broad SMARTS) is 1. The molecular formula is C11H8ClNO2. The number of carboxylic acids is 1. The molecule has 1 N–H and O–H groups in total. The Hall–Kier alpha value is -1.61. The zero-order chi connectivity index (χ0) is 11.0. The average Bonchev–Trinajstić information content (AvgIpc) is 2.23. The first-order valence-corrected chi connectivity index (χ1v) is 4.76. The molecule has 0 spiro atoms. The van der Waals surface area contributed by atoms with E-state index in [9.17, 15) is 4.79 Å². The molecule has 0 saturated heterocycles. The molecule has 2 rings (SSSR count). The van der Waals surface area contributed by atoms with Crippen LogP contribution in [0.1, 0.15) is 15.9 Å². The second kappa shape index (κ2) is 3.51. The molecule has 1 aromatic heterocycles. The maximum Gasteiger partial charge on any atom is 0.336 e. The van der Waals surface area contributed by atoms with Crippen molar-refractivity contribution < 1.29 is 9.90 Å². The Morgan fingerprint density at radius 3 is 2.80 bits per heavy atom. The summed E-state index contributed by atoms with van der Waals surface area (Å²) in [6.45, 7) is 1.86. The van der Waals surface area contributed by atoms with Crippen molar-refractivity contribution in [3.05, 3.63) is 40.5 Å². The summed E-state index contributed by atoms with van der Waals surface area (Å²) in [5, 5.41) is 10.1. The number of carbonyl (C=O) groups is 1. The van der Waals surface area contributed by atoms with Gasteiger partial charge in [0.1, 0.15) is 0 Å². The number of benzene rings is 1. The zero-order valence-corrected chi connectivity index (χ0v) is 8.75. The van der Waals surface area contributed by atoms with E-state index in [1.54, 1.807) is 12.1 Å². The third-order valence-electron chi connectivity index (χ3n) is 2.27. The third-order valence-corrected chi connectivity index (χ3v) is 2.75. The van der Waals surface area contributed by atoms with Gasteiger partial charge in [0.05, 0.1) is 16.1 Å². The van der Waals surface area contributed by atoms with Crippen molar-refractivity contribution in [3.8, 4) is 0 Å². The molecule has 15 heavy (non-hydrogen) atoms. The number of fused-ring (bicyclic) bond motifs is 1. The highest BCUT2D eigenvalue weighted by Crippen LogP contribution is 2.27. The smallest absolute Gasteiger partial charge is 0.336 e. The van der Waals surface area contributed by atoms with Crippen LogP contribution in [0.25, 0.3) is 10.9 Å². The first kappa shape index (κ1) is 9.93. The van der Waals surface area contributed by atoms with Gasteiger partial charge in [0.15, 0.2) is 0 Å². The third kappa shape index (κ3) is 1.55. The SMILES string of the molecule is Cc1ccc2c(C(=O)O)ccnc2c1Cl. The topological polar surface area (TPSA) is 50.2 Å². The molecule has 0 unspecified atom stereocenters. The number of hydrogen-bond donors (Lipinski definition) is 1. The van der Waals surface area contributed by atoms with E-state index in [1.807, 2.05) is 6.92 Å². The van der Waals surface area contributed by atoms with Crippen molar-refractivity contribution in [2.75, 3.05) is 0 Å². The summed E-state index contributed by atoms with van der Waals surface area (Å²) < 4.78 is 0. The first-order valence-electron chi connectivity index (χ1n) is 4.38. The standard InChI is InChI=1S/C11H8ClNO2/c1-6-2-3-7-8(11(14)15)4-5-13-10(7)9(6)12/h2-5H,1H3,(H,14,15). The summed E-state index contributed by atoms with van der Waals surface area (Å²) >= 11 is 6.05. The van der Waals surface area contributed by atoms with Crippen LogP contribution in [-0.2, 0) is 0 Å². The van der Waals surface area contributed by atoms with E-state index in [0.717, 1.165) is 5.56 Å². The van der Waals surface area contributed by atoms with Crippen LogP contribution >= 0.6 is 11.6 Å². The van der Waals surface area contributed by atoms with Gasteiger partial charge in [-0.3, -0.25) is 4.98 Å². The molecule has 2 aromatic rings. The Morgan fingerprint density at radius 1 is 1.40 bits per heavy atom.